The van der Waals surface area contributed by atoms with Crippen molar-refractivity contribution in [2.24, 2.45) is 0 Å². The molecule has 142 valence electrons. The molecule has 0 fully saturated rings. The first-order valence-electron chi connectivity index (χ1n) is 9.07. The highest BCUT2D eigenvalue weighted by Gasteiger charge is 2.28. The Morgan fingerprint density at radius 2 is 1.50 bits per heavy atom. The largest absolute Gasteiger partial charge is 0.507 e. The van der Waals surface area contributed by atoms with Gasteiger partial charge in [-0.2, -0.15) is 0 Å². The number of nitrogens with zero attached hydrogens (tertiary/aromatic N) is 1. The van der Waals surface area contributed by atoms with Crippen molar-refractivity contribution in [1.29, 1.82) is 0 Å². The van der Waals surface area contributed by atoms with Crippen LogP contribution in [0.1, 0.15) is 75.5 Å². The monoisotopic (exact) mass is 373 g/mol. The fourth-order valence-electron chi connectivity index (χ4n) is 3.11. The van der Waals surface area contributed by atoms with E-state index in [1.54, 1.807) is 11.8 Å². The summed E-state index contributed by atoms with van der Waals surface area (Å²) in [5.74, 6) is 0.306. The summed E-state index contributed by atoms with van der Waals surface area (Å²) in [6.07, 6.45) is 3.94. The minimum absolute atomic E-state index is 0.00324. The molecule has 1 aromatic carbocycles. The standard InChI is InChI=1S/C22H31NO2S/c1-9-23-13-15(12-18(23)26-8)19(24)14-10-16(21(2,3)4)20(25)17(11-14)22(5,6)7/h10-13,25H,9H2,1-8H3. The van der Waals surface area contributed by atoms with Gasteiger partial charge in [0, 0.05) is 35.0 Å². The third-order valence-electron chi connectivity index (χ3n) is 4.66. The van der Waals surface area contributed by atoms with Crippen LogP contribution >= 0.6 is 11.8 Å². The smallest absolute Gasteiger partial charge is 0.194 e. The molecule has 0 atom stereocenters. The van der Waals surface area contributed by atoms with Crippen LogP contribution in [0.2, 0.25) is 0 Å². The van der Waals surface area contributed by atoms with Crippen LogP contribution in [-0.4, -0.2) is 21.7 Å². The number of phenolic OH excluding ortho intramolecular Hbond substituents is 1. The van der Waals surface area contributed by atoms with Crippen molar-refractivity contribution in [3.8, 4) is 5.75 Å². The predicted octanol–water partition coefficient (Wildman–Crippen LogP) is 5.76. The summed E-state index contributed by atoms with van der Waals surface area (Å²) in [7, 11) is 0. The Kier molecular flexibility index (Phi) is 5.67. The van der Waals surface area contributed by atoms with E-state index < -0.39 is 0 Å². The van der Waals surface area contributed by atoms with E-state index in [1.165, 1.54) is 0 Å². The minimum Gasteiger partial charge on any atom is -0.507 e. The fraction of sp³-hybridized carbons (Fsp3) is 0.500. The van der Waals surface area contributed by atoms with E-state index in [9.17, 15) is 9.90 Å². The molecule has 0 aliphatic rings. The zero-order valence-corrected chi connectivity index (χ0v) is 18.0. The van der Waals surface area contributed by atoms with Crippen LogP contribution in [0.3, 0.4) is 0 Å². The third kappa shape index (κ3) is 4.01. The SMILES string of the molecule is CCn1cc(C(=O)c2cc(C(C)(C)C)c(O)c(C(C)(C)C)c2)cc1SC. The number of carbonyl (C=O) groups excluding carboxylic acids is 1. The lowest BCUT2D eigenvalue weighted by atomic mass is 9.78. The van der Waals surface area contributed by atoms with Crippen molar-refractivity contribution in [2.45, 2.75) is 70.9 Å². The Labute approximate surface area is 161 Å². The number of thioether (sulfide) groups is 1. The lowest BCUT2D eigenvalue weighted by Gasteiger charge is -2.28. The molecule has 0 aliphatic carbocycles. The van der Waals surface area contributed by atoms with E-state index in [0.717, 1.165) is 22.7 Å². The number of carbonyl (C=O) groups is 1. The zero-order chi connectivity index (χ0) is 19.9. The van der Waals surface area contributed by atoms with Gasteiger partial charge in [0.2, 0.25) is 0 Å². The van der Waals surface area contributed by atoms with Gasteiger partial charge >= 0.3 is 0 Å². The lowest BCUT2D eigenvalue weighted by Crippen LogP contribution is -2.19. The zero-order valence-electron chi connectivity index (χ0n) is 17.2. The van der Waals surface area contributed by atoms with Gasteiger partial charge in [0.05, 0.1) is 5.03 Å². The molecular weight excluding hydrogens is 342 g/mol. The molecule has 0 bridgehead atoms. The molecule has 0 saturated heterocycles. The molecule has 2 rings (SSSR count). The van der Waals surface area contributed by atoms with Crippen LogP contribution in [-0.2, 0) is 17.4 Å². The summed E-state index contributed by atoms with van der Waals surface area (Å²) in [5.41, 5.74) is 2.46. The molecule has 0 spiro atoms. The molecule has 0 aliphatic heterocycles. The maximum atomic E-state index is 13.2. The number of aromatic nitrogens is 1. The van der Waals surface area contributed by atoms with Gasteiger partial charge in [0.25, 0.3) is 0 Å². The number of ketones is 1. The summed E-state index contributed by atoms with van der Waals surface area (Å²) < 4.78 is 2.09. The van der Waals surface area contributed by atoms with Gasteiger partial charge in [-0.1, -0.05) is 41.5 Å². The Hall–Kier alpha value is -1.68. The summed E-state index contributed by atoms with van der Waals surface area (Å²) >= 11 is 1.64. The molecule has 26 heavy (non-hydrogen) atoms. The van der Waals surface area contributed by atoms with Gasteiger partial charge in [-0.3, -0.25) is 4.79 Å². The number of rotatable bonds is 4. The molecule has 1 heterocycles. The maximum absolute atomic E-state index is 13.2. The maximum Gasteiger partial charge on any atom is 0.194 e. The summed E-state index contributed by atoms with van der Waals surface area (Å²) in [4.78, 5) is 13.2. The fourth-order valence-corrected chi connectivity index (χ4v) is 3.77. The van der Waals surface area contributed by atoms with Gasteiger partial charge in [-0.15, -0.1) is 11.8 Å². The van der Waals surface area contributed by atoms with Gasteiger partial charge < -0.3 is 9.67 Å². The number of phenols is 1. The molecule has 1 aromatic heterocycles. The molecule has 0 radical (unpaired) electrons. The molecule has 4 heteroatoms. The summed E-state index contributed by atoms with van der Waals surface area (Å²) in [5, 5.41) is 11.9. The minimum atomic E-state index is -0.250. The number of aromatic hydroxyl groups is 1. The first kappa shape index (κ1) is 20.6. The van der Waals surface area contributed by atoms with Crippen molar-refractivity contribution < 1.29 is 9.90 Å². The number of hydrogen-bond acceptors (Lipinski definition) is 3. The lowest BCUT2D eigenvalue weighted by molar-refractivity contribution is 0.103. The second-order valence-corrected chi connectivity index (χ2v) is 9.63. The highest BCUT2D eigenvalue weighted by Crippen LogP contribution is 2.40. The molecular formula is C22H31NO2S. The Bertz CT molecular complexity index is 763. The average Bonchev–Trinajstić information content (AvgIpc) is 2.95. The van der Waals surface area contributed by atoms with Crippen LogP contribution in [0, 0.1) is 0 Å². The quantitative estimate of drug-likeness (QED) is 0.547. The van der Waals surface area contributed by atoms with E-state index in [2.05, 4.69) is 53.0 Å². The van der Waals surface area contributed by atoms with E-state index in [4.69, 9.17) is 0 Å². The Morgan fingerprint density at radius 3 is 1.85 bits per heavy atom. The van der Waals surface area contributed by atoms with E-state index in [0.29, 0.717) is 16.9 Å². The average molecular weight is 374 g/mol. The highest BCUT2D eigenvalue weighted by atomic mass is 32.2. The molecule has 0 saturated carbocycles. The van der Waals surface area contributed by atoms with Crippen molar-refractivity contribution in [1.82, 2.24) is 4.57 Å². The van der Waals surface area contributed by atoms with Gasteiger partial charge in [-0.25, -0.2) is 0 Å². The van der Waals surface area contributed by atoms with Crippen LogP contribution in [0.5, 0.6) is 5.75 Å². The number of aryl methyl sites for hydroxylation is 1. The Balaban J connectivity index is 2.65. The van der Waals surface area contributed by atoms with Gasteiger partial charge in [-0.05, 0) is 42.2 Å². The van der Waals surface area contributed by atoms with Crippen molar-refractivity contribution in [3.05, 3.63) is 46.6 Å². The highest BCUT2D eigenvalue weighted by molar-refractivity contribution is 7.98. The van der Waals surface area contributed by atoms with Crippen molar-refractivity contribution in [3.63, 3.8) is 0 Å². The molecule has 1 N–H and O–H groups in total. The van der Waals surface area contributed by atoms with Crippen LogP contribution < -0.4 is 0 Å². The first-order chi connectivity index (χ1) is 11.9. The molecule has 0 unspecified atom stereocenters. The van der Waals surface area contributed by atoms with Crippen molar-refractivity contribution in [2.75, 3.05) is 6.26 Å². The van der Waals surface area contributed by atoms with E-state index in [1.807, 2.05) is 30.7 Å². The number of benzene rings is 1. The summed E-state index contributed by atoms with van der Waals surface area (Å²) in [6.45, 7) is 15.3. The molecule has 2 aromatic rings. The second kappa shape index (κ2) is 7.15. The first-order valence-corrected chi connectivity index (χ1v) is 10.3. The summed E-state index contributed by atoms with van der Waals surface area (Å²) in [6, 6.07) is 5.67. The van der Waals surface area contributed by atoms with Crippen LogP contribution in [0.4, 0.5) is 0 Å². The normalized spacial score (nSPS) is 12.5. The van der Waals surface area contributed by atoms with E-state index >= 15 is 0 Å². The van der Waals surface area contributed by atoms with Crippen molar-refractivity contribution >= 4 is 17.5 Å². The number of hydrogen-bond donors (Lipinski definition) is 1. The van der Waals surface area contributed by atoms with Crippen LogP contribution in [0.25, 0.3) is 0 Å². The van der Waals surface area contributed by atoms with Gasteiger partial charge in [0.15, 0.2) is 5.78 Å². The predicted molar refractivity (Wildman–Crippen MR) is 111 cm³/mol. The van der Waals surface area contributed by atoms with E-state index in [-0.39, 0.29) is 16.6 Å². The third-order valence-corrected chi connectivity index (χ3v) is 5.43. The Morgan fingerprint density at radius 1 is 1.00 bits per heavy atom. The van der Waals surface area contributed by atoms with Gasteiger partial charge in [0.1, 0.15) is 5.75 Å². The molecule has 3 nitrogen and oxygen atoms in total. The molecule has 0 amide bonds. The van der Waals surface area contributed by atoms with Crippen LogP contribution in [0.15, 0.2) is 29.4 Å². The second-order valence-electron chi connectivity index (χ2n) is 8.81. The topological polar surface area (TPSA) is 42.2 Å².